The summed E-state index contributed by atoms with van der Waals surface area (Å²) < 4.78 is 10.5. The maximum Gasteiger partial charge on any atom is 0.250 e. The molecule has 0 radical (unpaired) electrons. The summed E-state index contributed by atoms with van der Waals surface area (Å²) >= 11 is 5.86. The van der Waals surface area contributed by atoms with Gasteiger partial charge in [0.1, 0.15) is 5.75 Å². The second-order valence-electron chi connectivity index (χ2n) is 4.54. The van der Waals surface area contributed by atoms with Gasteiger partial charge in [-0.05, 0) is 36.4 Å². The van der Waals surface area contributed by atoms with Gasteiger partial charge in [-0.25, -0.2) is 0 Å². The molecule has 110 valence electrons. The topological polar surface area (TPSA) is 48.2 Å². The fraction of sp³-hybridized carbons (Fsp3) is 0.0588. The molecule has 2 aromatic carbocycles. The second-order valence-corrected chi connectivity index (χ2v) is 4.97. The summed E-state index contributed by atoms with van der Waals surface area (Å²) in [5.41, 5.74) is 1.79. The van der Waals surface area contributed by atoms with Crippen LogP contribution in [0.2, 0.25) is 5.02 Å². The van der Waals surface area contributed by atoms with E-state index in [1.165, 1.54) is 0 Å². The molecule has 0 amide bonds. The van der Waals surface area contributed by atoms with E-state index in [4.69, 9.17) is 20.9 Å². The van der Waals surface area contributed by atoms with Crippen LogP contribution in [-0.4, -0.2) is 17.3 Å². The zero-order valence-electron chi connectivity index (χ0n) is 11.9. The van der Waals surface area contributed by atoms with E-state index in [0.29, 0.717) is 16.7 Å². The number of hydrogen-bond donors (Lipinski definition) is 0. The number of nitrogens with zero attached hydrogens (tertiary/aromatic N) is 2. The Labute approximate surface area is 133 Å². The normalized spacial score (nSPS) is 11.0. The van der Waals surface area contributed by atoms with Gasteiger partial charge in [-0.3, -0.25) is 0 Å². The Hall–Kier alpha value is -2.59. The van der Waals surface area contributed by atoms with Gasteiger partial charge >= 0.3 is 0 Å². The molecule has 1 aromatic heterocycles. The first kappa shape index (κ1) is 14.4. The highest BCUT2D eigenvalue weighted by Gasteiger charge is 2.06. The third-order valence-electron chi connectivity index (χ3n) is 3.09. The molecule has 0 fully saturated rings. The van der Waals surface area contributed by atoms with Crippen LogP contribution in [0.4, 0.5) is 0 Å². The SMILES string of the molecule is COc1ccccc1/C=C/c1nc(-c2ccc(Cl)cc2)no1. The van der Waals surface area contributed by atoms with Crippen LogP contribution in [0.15, 0.2) is 53.1 Å². The summed E-state index contributed by atoms with van der Waals surface area (Å²) in [6, 6.07) is 15.0. The van der Waals surface area contributed by atoms with Gasteiger partial charge in [-0.1, -0.05) is 35.0 Å². The molecule has 3 rings (SSSR count). The molecule has 0 bridgehead atoms. The molecular weight excluding hydrogens is 300 g/mol. The van der Waals surface area contributed by atoms with Crippen molar-refractivity contribution in [1.82, 2.24) is 10.1 Å². The van der Waals surface area contributed by atoms with Gasteiger partial charge in [-0.15, -0.1) is 0 Å². The number of rotatable bonds is 4. The number of benzene rings is 2. The summed E-state index contributed by atoms with van der Waals surface area (Å²) in [7, 11) is 1.64. The van der Waals surface area contributed by atoms with Crippen molar-refractivity contribution in [3.63, 3.8) is 0 Å². The highest BCUT2D eigenvalue weighted by atomic mass is 35.5. The van der Waals surface area contributed by atoms with Crippen molar-refractivity contribution in [1.29, 1.82) is 0 Å². The van der Waals surface area contributed by atoms with E-state index in [1.54, 1.807) is 25.3 Å². The maximum absolute atomic E-state index is 5.86. The third-order valence-corrected chi connectivity index (χ3v) is 3.34. The van der Waals surface area contributed by atoms with Crippen LogP contribution in [0.25, 0.3) is 23.5 Å². The first-order valence-electron chi connectivity index (χ1n) is 6.67. The minimum absolute atomic E-state index is 0.427. The summed E-state index contributed by atoms with van der Waals surface area (Å²) in [5.74, 6) is 1.74. The van der Waals surface area contributed by atoms with Crippen molar-refractivity contribution in [3.8, 4) is 17.1 Å². The van der Waals surface area contributed by atoms with Gasteiger partial charge in [-0.2, -0.15) is 4.98 Å². The Morgan fingerprint density at radius 2 is 1.82 bits per heavy atom. The molecule has 0 N–H and O–H groups in total. The van der Waals surface area contributed by atoms with Crippen LogP contribution >= 0.6 is 11.6 Å². The Morgan fingerprint density at radius 1 is 1.05 bits per heavy atom. The standard InChI is InChI=1S/C17H13ClN2O2/c1-21-15-5-3-2-4-12(15)8-11-16-19-17(20-22-16)13-6-9-14(18)10-7-13/h2-11H,1H3/b11-8+. The first-order valence-corrected chi connectivity index (χ1v) is 7.05. The predicted octanol–water partition coefficient (Wildman–Crippen LogP) is 4.57. The zero-order chi connectivity index (χ0) is 15.4. The molecule has 0 spiro atoms. The highest BCUT2D eigenvalue weighted by molar-refractivity contribution is 6.30. The second kappa shape index (κ2) is 6.45. The minimum atomic E-state index is 0.427. The minimum Gasteiger partial charge on any atom is -0.496 e. The number of methoxy groups -OCH3 is 1. The van der Waals surface area contributed by atoms with Crippen molar-refractivity contribution in [3.05, 3.63) is 65.0 Å². The molecule has 22 heavy (non-hydrogen) atoms. The van der Waals surface area contributed by atoms with Crippen molar-refractivity contribution < 1.29 is 9.26 Å². The van der Waals surface area contributed by atoms with Crippen LogP contribution in [0, 0.1) is 0 Å². The van der Waals surface area contributed by atoms with Crippen LogP contribution < -0.4 is 4.74 Å². The quantitative estimate of drug-likeness (QED) is 0.708. The van der Waals surface area contributed by atoms with Crippen LogP contribution in [0.5, 0.6) is 5.75 Å². The lowest BCUT2D eigenvalue weighted by Crippen LogP contribution is -1.85. The Balaban J connectivity index is 1.82. The van der Waals surface area contributed by atoms with Gasteiger partial charge in [0.2, 0.25) is 5.82 Å². The van der Waals surface area contributed by atoms with Gasteiger partial charge < -0.3 is 9.26 Å². The van der Waals surface area contributed by atoms with Crippen molar-refractivity contribution in [2.24, 2.45) is 0 Å². The lowest BCUT2D eigenvalue weighted by Gasteiger charge is -2.02. The molecule has 0 unspecified atom stereocenters. The molecule has 0 aliphatic carbocycles. The number of halogens is 1. The van der Waals surface area contributed by atoms with Crippen molar-refractivity contribution >= 4 is 23.8 Å². The summed E-state index contributed by atoms with van der Waals surface area (Å²) in [6.07, 6.45) is 3.63. The molecule has 0 saturated heterocycles. The van der Waals surface area contributed by atoms with E-state index in [0.717, 1.165) is 16.9 Å². The lowest BCUT2D eigenvalue weighted by atomic mass is 10.2. The number of ether oxygens (including phenoxy) is 1. The monoisotopic (exact) mass is 312 g/mol. The van der Waals surface area contributed by atoms with Gasteiger partial charge in [0.05, 0.1) is 7.11 Å². The average Bonchev–Trinajstić information content (AvgIpc) is 3.03. The number of para-hydroxylation sites is 1. The summed E-state index contributed by atoms with van der Waals surface area (Å²) in [6.45, 7) is 0. The van der Waals surface area contributed by atoms with E-state index < -0.39 is 0 Å². The molecular formula is C17H13ClN2O2. The largest absolute Gasteiger partial charge is 0.496 e. The van der Waals surface area contributed by atoms with Gasteiger partial charge in [0.15, 0.2) is 0 Å². The van der Waals surface area contributed by atoms with Crippen LogP contribution in [0.1, 0.15) is 11.5 Å². The fourth-order valence-electron chi connectivity index (χ4n) is 1.98. The maximum atomic E-state index is 5.86. The van der Waals surface area contributed by atoms with E-state index in [-0.39, 0.29) is 0 Å². The van der Waals surface area contributed by atoms with Crippen molar-refractivity contribution in [2.45, 2.75) is 0 Å². The van der Waals surface area contributed by atoms with Crippen LogP contribution in [0.3, 0.4) is 0 Å². The summed E-state index contributed by atoms with van der Waals surface area (Å²) in [5, 5.41) is 4.63. The predicted molar refractivity (Wildman–Crippen MR) is 86.7 cm³/mol. The zero-order valence-corrected chi connectivity index (χ0v) is 12.6. The molecule has 0 aliphatic rings. The average molecular weight is 313 g/mol. The Kier molecular flexibility index (Phi) is 4.21. The number of aromatic nitrogens is 2. The first-order chi connectivity index (χ1) is 10.8. The van der Waals surface area contributed by atoms with E-state index >= 15 is 0 Å². The summed E-state index contributed by atoms with van der Waals surface area (Å²) in [4.78, 5) is 4.33. The molecule has 4 nitrogen and oxygen atoms in total. The Bertz CT molecular complexity index is 794. The fourth-order valence-corrected chi connectivity index (χ4v) is 2.11. The molecule has 0 aliphatic heterocycles. The molecule has 5 heteroatoms. The molecule has 3 aromatic rings. The number of hydrogen-bond acceptors (Lipinski definition) is 4. The van der Waals surface area contributed by atoms with Gasteiger partial charge in [0.25, 0.3) is 5.89 Å². The van der Waals surface area contributed by atoms with Crippen molar-refractivity contribution in [2.75, 3.05) is 7.11 Å². The van der Waals surface area contributed by atoms with Gasteiger partial charge in [0, 0.05) is 22.2 Å². The Morgan fingerprint density at radius 3 is 2.59 bits per heavy atom. The molecule has 0 atom stereocenters. The van der Waals surface area contributed by atoms with E-state index in [1.807, 2.05) is 42.5 Å². The van der Waals surface area contributed by atoms with E-state index in [2.05, 4.69) is 10.1 Å². The lowest BCUT2D eigenvalue weighted by molar-refractivity contribution is 0.411. The smallest absolute Gasteiger partial charge is 0.250 e. The van der Waals surface area contributed by atoms with Crippen LogP contribution in [-0.2, 0) is 0 Å². The van der Waals surface area contributed by atoms with E-state index in [9.17, 15) is 0 Å². The molecule has 1 heterocycles. The molecule has 0 saturated carbocycles. The third kappa shape index (κ3) is 3.18. The highest BCUT2D eigenvalue weighted by Crippen LogP contribution is 2.21.